The number of H-pyrrole nitrogens is 1. The highest BCUT2D eigenvalue weighted by Gasteiger charge is 2.31. The van der Waals surface area contributed by atoms with Crippen LogP contribution in [0.2, 0.25) is 5.02 Å². The largest absolute Gasteiger partial charge is 0.494 e. The summed E-state index contributed by atoms with van der Waals surface area (Å²) in [7, 11) is 0. The van der Waals surface area contributed by atoms with Crippen LogP contribution in [-0.2, 0) is 11.0 Å². The number of aromatic amines is 1. The molecule has 2 heterocycles. The van der Waals surface area contributed by atoms with E-state index in [0.717, 1.165) is 40.9 Å². The molecule has 0 saturated carbocycles. The van der Waals surface area contributed by atoms with Gasteiger partial charge in [-0.15, -0.1) is 0 Å². The number of hydrogen-bond acceptors (Lipinski definition) is 5. The van der Waals surface area contributed by atoms with Gasteiger partial charge < -0.3 is 15.0 Å². The Kier molecular flexibility index (Phi) is 7.28. The maximum absolute atomic E-state index is 13.7. The number of alkyl halides is 3. The number of para-hydroxylation sites is 1. The number of hydrogen-bond donors (Lipinski definition) is 2. The van der Waals surface area contributed by atoms with Crippen LogP contribution >= 0.6 is 23.4 Å². The molecule has 0 bridgehead atoms. The molecule has 0 saturated heterocycles. The van der Waals surface area contributed by atoms with E-state index in [1.165, 1.54) is 4.57 Å². The topological polar surface area (TPSA) is 89.0 Å². The molecule has 5 aromatic rings. The lowest BCUT2D eigenvalue weighted by atomic mass is 10.2. The first kappa shape index (κ1) is 26.6. The minimum atomic E-state index is -4.59. The molecule has 7 nitrogen and oxygen atoms in total. The standard InChI is InChI=1S/C27H20ClF3N4O3S/c1-2-38-17-10-8-16(9-11-17)35-25(37)24-23(18-5-3-4-6-20(18)33-24)34-26(35)39-14-22(36)32-21-13-15(27(29,30)31)7-12-19(21)28/h3-13,33H,2,14H2,1H3,(H,32,36). The first-order valence-corrected chi connectivity index (χ1v) is 13.1. The number of aromatic nitrogens is 3. The van der Waals surface area contributed by atoms with Crippen LogP contribution in [0.3, 0.4) is 0 Å². The van der Waals surface area contributed by atoms with E-state index in [4.69, 9.17) is 21.3 Å². The fraction of sp³-hybridized carbons (Fsp3) is 0.148. The number of amides is 1. The SMILES string of the molecule is CCOc1ccc(-n2c(SCC(=O)Nc3cc(C(F)(F)F)ccc3Cl)nc3c([nH]c4ccccc43)c2=O)cc1. The Balaban J connectivity index is 1.51. The molecule has 0 atom stereocenters. The number of rotatable bonds is 7. The maximum atomic E-state index is 13.7. The molecule has 39 heavy (non-hydrogen) atoms. The second-order valence-corrected chi connectivity index (χ2v) is 9.73. The molecular weight excluding hydrogens is 553 g/mol. The molecule has 0 spiro atoms. The Labute approximate surface area is 229 Å². The van der Waals surface area contributed by atoms with Crippen LogP contribution in [0.25, 0.3) is 27.6 Å². The van der Waals surface area contributed by atoms with Gasteiger partial charge in [-0.05, 0) is 55.5 Å². The number of fused-ring (bicyclic) bond motifs is 3. The molecule has 1 amide bonds. The molecule has 200 valence electrons. The Hall–Kier alpha value is -3.96. The van der Waals surface area contributed by atoms with Crippen LogP contribution in [0.5, 0.6) is 5.75 Å². The average Bonchev–Trinajstić information content (AvgIpc) is 3.28. The highest BCUT2D eigenvalue weighted by molar-refractivity contribution is 7.99. The van der Waals surface area contributed by atoms with E-state index < -0.39 is 17.6 Å². The summed E-state index contributed by atoms with van der Waals surface area (Å²) in [6.45, 7) is 2.34. The average molecular weight is 573 g/mol. The van der Waals surface area contributed by atoms with Crippen LogP contribution < -0.4 is 15.6 Å². The van der Waals surface area contributed by atoms with Gasteiger partial charge in [-0.25, -0.2) is 4.98 Å². The van der Waals surface area contributed by atoms with Gasteiger partial charge in [-0.2, -0.15) is 13.2 Å². The number of thioether (sulfide) groups is 1. The molecule has 0 aliphatic heterocycles. The van der Waals surface area contributed by atoms with Gasteiger partial charge in [0, 0.05) is 10.9 Å². The molecule has 0 aliphatic carbocycles. The molecule has 0 unspecified atom stereocenters. The van der Waals surface area contributed by atoms with Crippen LogP contribution in [0, 0.1) is 0 Å². The number of nitrogens with zero attached hydrogens (tertiary/aromatic N) is 2. The van der Waals surface area contributed by atoms with Crippen molar-refractivity contribution in [3.8, 4) is 11.4 Å². The highest BCUT2D eigenvalue weighted by atomic mass is 35.5. The van der Waals surface area contributed by atoms with Gasteiger partial charge in [-0.1, -0.05) is 41.6 Å². The first-order chi connectivity index (χ1) is 18.7. The fourth-order valence-corrected chi connectivity index (χ4v) is 5.01. The van der Waals surface area contributed by atoms with Crippen molar-refractivity contribution in [2.45, 2.75) is 18.3 Å². The van der Waals surface area contributed by atoms with E-state index in [9.17, 15) is 22.8 Å². The summed E-state index contributed by atoms with van der Waals surface area (Å²) in [5.41, 5.74) is 0.502. The Morgan fingerprint density at radius 1 is 1.13 bits per heavy atom. The van der Waals surface area contributed by atoms with Crippen LogP contribution in [0.4, 0.5) is 18.9 Å². The molecule has 0 aliphatic rings. The van der Waals surface area contributed by atoms with Crippen molar-refractivity contribution in [3.63, 3.8) is 0 Å². The first-order valence-electron chi connectivity index (χ1n) is 11.7. The Morgan fingerprint density at radius 2 is 1.87 bits per heavy atom. The van der Waals surface area contributed by atoms with Gasteiger partial charge >= 0.3 is 6.18 Å². The molecular formula is C27H20ClF3N4O3S. The summed E-state index contributed by atoms with van der Waals surface area (Å²) >= 11 is 6.99. The highest BCUT2D eigenvalue weighted by Crippen LogP contribution is 2.34. The second kappa shape index (κ2) is 10.7. The number of halogens is 4. The molecule has 12 heteroatoms. The summed E-state index contributed by atoms with van der Waals surface area (Å²) in [6, 6.07) is 16.9. The second-order valence-electron chi connectivity index (χ2n) is 8.39. The van der Waals surface area contributed by atoms with E-state index in [2.05, 4.69) is 10.3 Å². The predicted octanol–water partition coefficient (Wildman–Crippen LogP) is 6.67. The molecule has 0 fully saturated rings. The number of carbonyl (C=O) groups excluding carboxylic acids is 1. The smallest absolute Gasteiger partial charge is 0.416 e. The van der Waals surface area contributed by atoms with Crippen molar-refractivity contribution in [1.82, 2.24) is 14.5 Å². The van der Waals surface area contributed by atoms with E-state index in [0.29, 0.717) is 29.1 Å². The zero-order valence-electron chi connectivity index (χ0n) is 20.3. The van der Waals surface area contributed by atoms with Crippen molar-refractivity contribution in [2.24, 2.45) is 0 Å². The zero-order valence-corrected chi connectivity index (χ0v) is 21.9. The third kappa shape index (κ3) is 5.45. The summed E-state index contributed by atoms with van der Waals surface area (Å²) in [5.74, 6) is -0.238. The third-order valence-corrected chi connectivity index (χ3v) is 7.07. The quantitative estimate of drug-likeness (QED) is 0.168. The van der Waals surface area contributed by atoms with Gasteiger partial charge in [0.15, 0.2) is 5.16 Å². The van der Waals surface area contributed by atoms with Gasteiger partial charge in [-0.3, -0.25) is 14.2 Å². The van der Waals surface area contributed by atoms with Gasteiger partial charge in [0.1, 0.15) is 16.8 Å². The third-order valence-electron chi connectivity index (χ3n) is 5.80. The van der Waals surface area contributed by atoms with E-state index in [1.54, 1.807) is 24.3 Å². The van der Waals surface area contributed by atoms with E-state index in [1.807, 2.05) is 31.2 Å². The van der Waals surface area contributed by atoms with Gasteiger partial charge in [0.25, 0.3) is 5.56 Å². The molecule has 2 aromatic heterocycles. The van der Waals surface area contributed by atoms with E-state index in [-0.39, 0.29) is 27.2 Å². The molecule has 3 aromatic carbocycles. The van der Waals surface area contributed by atoms with Crippen molar-refractivity contribution >= 4 is 56.9 Å². The molecule has 5 rings (SSSR count). The lowest BCUT2D eigenvalue weighted by molar-refractivity contribution is -0.137. The van der Waals surface area contributed by atoms with Gasteiger partial charge in [0.2, 0.25) is 5.91 Å². The molecule has 0 radical (unpaired) electrons. The molecule has 2 N–H and O–H groups in total. The summed E-state index contributed by atoms with van der Waals surface area (Å²) in [6.07, 6.45) is -4.59. The number of nitrogens with one attached hydrogen (secondary N) is 2. The van der Waals surface area contributed by atoms with Crippen molar-refractivity contribution < 1.29 is 22.7 Å². The maximum Gasteiger partial charge on any atom is 0.416 e. The fourth-order valence-electron chi connectivity index (χ4n) is 4.04. The number of anilines is 1. The number of benzene rings is 3. The van der Waals surface area contributed by atoms with Gasteiger partial charge in [0.05, 0.1) is 34.3 Å². The lowest BCUT2D eigenvalue weighted by Crippen LogP contribution is -2.23. The van der Waals surface area contributed by atoms with Crippen molar-refractivity contribution in [2.75, 3.05) is 17.7 Å². The Bertz CT molecular complexity index is 1750. The minimum absolute atomic E-state index is 0.0361. The van der Waals surface area contributed by atoms with Crippen LogP contribution in [0.1, 0.15) is 12.5 Å². The van der Waals surface area contributed by atoms with Crippen molar-refractivity contribution in [1.29, 1.82) is 0 Å². The van der Waals surface area contributed by atoms with E-state index >= 15 is 0 Å². The lowest BCUT2D eigenvalue weighted by Gasteiger charge is -2.14. The van der Waals surface area contributed by atoms with Crippen LogP contribution in [0.15, 0.2) is 76.7 Å². The number of ether oxygens (including phenoxy) is 1. The summed E-state index contributed by atoms with van der Waals surface area (Å²) < 4.78 is 46.2. The van der Waals surface area contributed by atoms with Crippen molar-refractivity contribution in [3.05, 3.63) is 87.7 Å². The minimum Gasteiger partial charge on any atom is -0.494 e. The summed E-state index contributed by atoms with van der Waals surface area (Å²) in [5, 5.41) is 3.35. The predicted molar refractivity (Wildman–Crippen MR) is 146 cm³/mol. The normalized spacial score (nSPS) is 11.7. The monoisotopic (exact) mass is 572 g/mol. The zero-order chi connectivity index (χ0) is 27.7. The number of carbonyl (C=O) groups is 1. The van der Waals surface area contributed by atoms with Crippen LogP contribution in [-0.4, -0.2) is 32.8 Å². The Morgan fingerprint density at radius 3 is 2.59 bits per heavy atom. The summed E-state index contributed by atoms with van der Waals surface area (Å²) in [4.78, 5) is 34.3.